The fraction of sp³-hybridized carbons (Fsp3) is 0.933. The first-order chi connectivity index (χ1) is 8.75. The van der Waals surface area contributed by atoms with Gasteiger partial charge in [-0.2, -0.15) is 0 Å². The summed E-state index contributed by atoms with van der Waals surface area (Å²) < 4.78 is 5.53. The second-order valence-electron chi connectivity index (χ2n) is 6.27. The van der Waals surface area contributed by atoms with Crippen LogP contribution in [0.2, 0.25) is 0 Å². The summed E-state index contributed by atoms with van der Waals surface area (Å²) in [4.78, 5) is 14.2. The normalized spacial score (nSPS) is 14.9. The molecule has 0 aliphatic carbocycles. The van der Waals surface area contributed by atoms with Crippen molar-refractivity contribution in [3.63, 3.8) is 0 Å². The summed E-state index contributed by atoms with van der Waals surface area (Å²) >= 11 is 0. The van der Waals surface area contributed by atoms with Crippen LogP contribution in [-0.2, 0) is 4.74 Å². The minimum absolute atomic E-state index is 0.189. The molecule has 0 radical (unpaired) electrons. The molecule has 0 fully saturated rings. The number of hydrogen-bond donors (Lipinski definition) is 1. The first kappa shape index (κ1) is 18.2. The van der Waals surface area contributed by atoms with Crippen molar-refractivity contribution in [2.45, 2.75) is 66.0 Å². The summed E-state index contributed by atoms with van der Waals surface area (Å²) in [5, 5.41) is 3.16. The van der Waals surface area contributed by atoms with Gasteiger partial charge in [0.15, 0.2) is 0 Å². The van der Waals surface area contributed by atoms with E-state index >= 15 is 0 Å². The molecule has 0 heterocycles. The molecular weight excluding hydrogens is 240 g/mol. The Morgan fingerprint density at radius 3 is 2.21 bits per heavy atom. The number of amides is 1. The quantitative estimate of drug-likeness (QED) is 0.773. The SMILES string of the molecule is CCC(C)CN(C(=O)OC(C)(C)C)C(CC)CNC. The highest BCUT2D eigenvalue weighted by atomic mass is 16.6. The molecule has 0 spiro atoms. The van der Waals surface area contributed by atoms with Crippen LogP contribution in [0.25, 0.3) is 0 Å². The van der Waals surface area contributed by atoms with Gasteiger partial charge < -0.3 is 15.0 Å². The van der Waals surface area contributed by atoms with Gasteiger partial charge in [-0.25, -0.2) is 4.79 Å². The summed E-state index contributed by atoms with van der Waals surface area (Å²) in [6.07, 6.45) is 1.79. The van der Waals surface area contributed by atoms with Crippen LogP contribution in [0, 0.1) is 5.92 Å². The number of nitrogens with zero attached hydrogens (tertiary/aromatic N) is 1. The summed E-state index contributed by atoms with van der Waals surface area (Å²) in [7, 11) is 1.92. The van der Waals surface area contributed by atoms with E-state index in [9.17, 15) is 4.79 Å². The zero-order chi connectivity index (χ0) is 15.1. The minimum Gasteiger partial charge on any atom is -0.444 e. The van der Waals surface area contributed by atoms with E-state index in [-0.39, 0.29) is 12.1 Å². The maximum Gasteiger partial charge on any atom is 0.410 e. The van der Waals surface area contributed by atoms with Crippen LogP contribution in [0.3, 0.4) is 0 Å². The van der Waals surface area contributed by atoms with Crippen LogP contribution < -0.4 is 5.32 Å². The summed E-state index contributed by atoms with van der Waals surface area (Å²) in [6.45, 7) is 13.7. The highest BCUT2D eigenvalue weighted by Gasteiger charge is 2.27. The summed E-state index contributed by atoms with van der Waals surface area (Å²) in [6, 6.07) is 0.189. The topological polar surface area (TPSA) is 41.6 Å². The highest BCUT2D eigenvalue weighted by molar-refractivity contribution is 5.68. The number of hydrogen-bond acceptors (Lipinski definition) is 3. The Bertz CT molecular complexity index is 261. The molecule has 114 valence electrons. The molecule has 1 N–H and O–H groups in total. The second-order valence-corrected chi connectivity index (χ2v) is 6.27. The molecule has 2 atom stereocenters. The van der Waals surface area contributed by atoms with Gasteiger partial charge in [0.25, 0.3) is 0 Å². The molecule has 0 aliphatic heterocycles. The van der Waals surface area contributed by atoms with Gasteiger partial charge in [0.05, 0.1) is 0 Å². The number of nitrogens with one attached hydrogen (secondary N) is 1. The Morgan fingerprint density at radius 2 is 1.84 bits per heavy atom. The third-order valence-electron chi connectivity index (χ3n) is 3.19. The number of carbonyl (C=O) groups is 1. The molecule has 0 bridgehead atoms. The third kappa shape index (κ3) is 7.41. The van der Waals surface area contributed by atoms with Gasteiger partial charge in [0, 0.05) is 19.1 Å². The van der Waals surface area contributed by atoms with Crippen molar-refractivity contribution in [3.8, 4) is 0 Å². The van der Waals surface area contributed by atoms with Crippen LogP contribution in [0.15, 0.2) is 0 Å². The van der Waals surface area contributed by atoms with E-state index in [1.165, 1.54) is 0 Å². The van der Waals surface area contributed by atoms with Crippen LogP contribution >= 0.6 is 0 Å². The minimum atomic E-state index is -0.442. The number of rotatable bonds is 7. The van der Waals surface area contributed by atoms with Gasteiger partial charge in [0.1, 0.15) is 5.60 Å². The third-order valence-corrected chi connectivity index (χ3v) is 3.19. The predicted molar refractivity (Wildman–Crippen MR) is 80.4 cm³/mol. The summed E-state index contributed by atoms with van der Waals surface area (Å²) in [5.74, 6) is 0.485. The van der Waals surface area contributed by atoms with E-state index in [1.807, 2.05) is 32.7 Å². The van der Waals surface area contributed by atoms with Gasteiger partial charge in [0.2, 0.25) is 0 Å². The summed E-state index contributed by atoms with van der Waals surface area (Å²) in [5.41, 5.74) is -0.442. The lowest BCUT2D eigenvalue weighted by Crippen LogP contribution is -2.48. The number of carbonyl (C=O) groups excluding carboxylic acids is 1. The molecule has 4 heteroatoms. The van der Waals surface area contributed by atoms with E-state index in [1.54, 1.807) is 0 Å². The highest BCUT2D eigenvalue weighted by Crippen LogP contribution is 2.16. The Labute approximate surface area is 118 Å². The van der Waals surface area contributed by atoms with Crippen LogP contribution in [0.5, 0.6) is 0 Å². The number of ether oxygens (including phenoxy) is 1. The van der Waals surface area contributed by atoms with Crippen molar-refractivity contribution in [1.82, 2.24) is 10.2 Å². The molecule has 0 saturated carbocycles. The lowest BCUT2D eigenvalue weighted by atomic mass is 10.1. The average molecular weight is 272 g/mol. The lowest BCUT2D eigenvalue weighted by molar-refractivity contribution is 0.0124. The van der Waals surface area contributed by atoms with Gasteiger partial charge >= 0.3 is 6.09 Å². The van der Waals surface area contributed by atoms with Gasteiger partial charge in [-0.1, -0.05) is 27.2 Å². The molecule has 0 aliphatic rings. The lowest BCUT2D eigenvalue weighted by Gasteiger charge is -2.34. The Kier molecular flexibility index (Phi) is 8.07. The number of likely N-dealkylation sites (N-methyl/N-ethyl adjacent to an activating group) is 1. The Hall–Kier alpha value is -0.770. The molecule has 0 saturated heterocycles. The molecule has 1 amide bonds. The zero-order valence-electron chi connectivity index (χ0n) is 13.7. The smallest absolute Gasteiger partial charge is 0.410 e. The van der Waals surface area contributed by atoms with Gasteiger partial charge in [-0.05, 0) is 40.2 Å². The second kappa shape index (κ2) is 8.41. The Morgan fingerprint density at radius 1 is 1.26 bits per heavy atom. The van der Waals surface area contributed by atoms with Crippen molar-refractivity contribution in [1.29, 1.82) is 0 Å². The van der Waals surface area contributed by atoms with Crippen molar-refractivity contribution in [3.05, 3.63) is 0 Å². The fourth-order valence-electron chi connectivity index (χ4n) is 1.87. The van der Waals surface area contributed by atoms with E-state index in [0.29, 0.717) is 5.92 Å². The van der Waals surface area contributed by atoms with Crippen molar-refractivity contribution in [2.75, 3.05) is 20.1 Å². The molecular formula is C15H32N2O2. The maximum atomic E-state index is 12.4. The predicted octanol–water partition coefficient (Wildman–Crippen LogP) is 3.27. The standard InChI is InChI=1S/C15H32N2O2/c1-8-12(3)11-17(13(9-2)10-16-7)14(18)19-15(4,5)6/h12-13,16H,8-11H2,1-7H3. The van der Waals surface area contributed by atoms with E-state index in [0.717, 1.165) is 25.9 Å². The van der Waals surface area contributed by atoms with Crippen molar-refractivity contribution in [2.24, 2.45) is 5.92 Å². The van der Waals surface area contributed by atoms with Gasteiger partial charge in [-0.3, -0.25) is 0 Å². The maximum absolute atomic E-state index is 12.4. The van der Waals surface area contributed by atoms with E-state index in [2.05, 4.69) is 26.1 Å². The average Bonchev–Trinajstić information content (AvgIpc) is 2.30. The Balaban J connectivity index is 4.87. The molecule has 0 rings (SSSR count). The molecule has 0 aromatic heterocycles. The van der Waals surface area contributed by atoms with Crippen LogP contribution in [0.4, 0.5) is 4.79 Å². The molecule has 2 unspecified atom stereocenters. The fourth-order valence-corrected chi connectivity index (χ4v) is 1.87. The molecule has 19 heavy (non-hydrogen) atoms. The monoisotopic (exact) mass is 272 g/mol. The van der Waals surface area contributed by atoms with Crippen molar-refractivity contribution >= 4 is 6.09 Å². The first-order valence-corrected chi connectivity index (χ1v) is 7.39. The van der Waals surface area contributed by atoms with Gasteiger partial charge in [-0.15, -0.1) is 0 Å². The molecule has 0 aromatic carbocycles. The van der Waals surface area contributed by atoms with Crippen molar-refractivity contribution < 1.29 is 9.53 Å². The first-order valence-electron chi connectivity index (χ1n) is 7.39. The zero-order valence-corrected chi connectivity index (χ0v) is 13.7. The van der Waals surface area contributed by atoms with E-state index < -0.39 is 5.60 Å². The largest absolute Gasteiger partial charge is 0.444 e. The van der Waals surface area contributed by atoms with Crippen LogP contribution in [-0.4, -0.2) is 42.8 Å². The molecule has 0 aromatic rings. The van der Waals surface area contributed by atoms with E-state index in [4.69, 9.17) is 4.74 Å². The molecule has 4 nitrogen and oxygen atoms in total. The van der Waals surface area contributed by atoms with Crippen LogP contribution in [0.1, 0.15) is 54.4 Å².